The molecule has 1 unspecified atom stereocenters. The van der Waals surface area contributed by atoms with Crippen molar-refractivity contribution in [2.45, 2.75) is 25.9 Å². The molecule has 5 heteroatoms. The Hall–Kier alpha value is -2.04. The van der Waals surface area contributed by atoms with Gasteiger partial charge in [-0.15, -0.1) is 0 Å². The fourth-order valence-electron chi connectivity index (χ4n) is 1.74. The Morgan fingerprint density at radius 2 is 2.21 bits per heavy atom. The Morgan fingerprint density at radius 3 is 2.95 bits per heavy atom. The Labute approximate surface area is 112 Å². The molecular weight excluding hydrogens is 246 g/mol. The molecule has 1 aliphatic rings. The van der Waals surface area contributed by atoms with Crippen LogP contribution in [0.25, 0.3) is 0 Å². The van der Waals surface area contributed by atoms with Gasteiger partial charge in [-0.05, 0) is 19.1 Å². The van der Waals surface area contributed by atoms with Gasteiger partial charge >= 0.3 is 5.97 Å². The SMILES string of the molecule is CCOC(=O)C1=NOC(CCOc2ccccc2)C1. The number of benzene rings is 1. The van der Waals surface area contributed by atoms with Crippen LogP contribution in [-0.4, -0.2) is 31.0 Å². The number of carbonyl (C=O) groups is 1. The third kappa shape index (κ3) is 3.98. The van der Waals surface area contributed by atoms with Crippen LogP contribution < -0.4 is 4.74 Å². The van der Waals surface area contributed by atoms with Crippen LogP contribution in [0.15, 0.2) is 35.5 Å². The van der Waals surface area contributed by atoms with Crippen molar-refractivity contribution in [1.82, 2.24) is 0 Å². The molecule has 5 nitrogen and oxygen atoms in total. The summed E-state index contributed by atoms with van der Waals surface area (Å²) in [5.74, 6) is 0.431. The number of para-hydroxylation sites is 1. The number of rotatable bonds is 6. The van der Waals surface area contributed by atoms with Gasteiger partial charge in [0.1, 0.15) is 11.9 Å². The van der Waals surface area contributed by atoms with Gasteiger partial charge in [0.2, 0.25) is 0 Å². The van der Waals surface area contributed by atoms with Gasteiger partial charge in [-0.2, -0.15) is 0 Å². The molecule has 1 atom stereocenters. The zero-order valence-electron chi connectivity index (χ0n) is 10.9. The van der Waals surface area contributed by atoms with Crippen molar-refractivity contribution in [3.05, 3.63) is 30.3 Å². The minimum Gasteiger partial charge on any atom is -0.493 e. The Bertz CT molecular complexity index is 444. The summed E-state index contributed by atoms with van der Waals surface area (Å²) in [5.41, 5.74) is 0.353. The van der Waals surface area contributed by atoms with Gasteiger partial charge in [-0.1, -0.05) is 23.4 Å². The molecule has 1 aliphatic heterocycles. The molecule has 0 amide bonds. The van der Waals surface area contributed by atoms with Crippen molar-refractivity contribution in [2.75, 3.05) is 13.2 Å². The van der Waals surface area contributed by atoms with Crippen LogP contribution in [-0.2, 0) is 14.4 Å². The second-order valence-electron chi connectivity index (χ2n) is 4.14. The van der Waals surface area contributed by atoms with Crippen molar-refractivity contribution in [3.63, 3.8) is 0 Å². The fraction of sp³-hybridized carbons (Fsp3) is 0.429. The summed E-state index contributed by atoms with van der Waals surface area (Å²) in [6, 6.07) is 9.57. The predicted molar refractivity (Wildman–Crippen MR) is 70.1 cm³/mol. The quantitative estimate of drug-likeness (QED) is 0.738. The molecule has 1 aromatic carbocycles. The highest BCUT2D eigenvalue weighted by atomic mass is 16.6. The number of nitrogens with zero attached hydrogens (tertiary/aromatic N) is 1. The second kappa shape index (κ2) is 6.78. The van der Waals surface area contributed by atoms with Gasteiger partial charge in [-0.3, -0.25) is 0 Å². The maximum Gasteiger partial charge on any atom is 0.356 e. The molecular formula is C14H17NO4. The van der Waals surface area contributed by atoms with Crippen LogP contribution in [0, 0.1) is 0 Å². The Balaban J connectivity index is 1.68. The molecule has 102 valence electrons. The van der Waals surface area contributed by atoms with Gasteiger partial charge in [0.25, 0.3) is 0 Å². The van der Waals surface area contributed by atoms with Crippen molar-refractivity contribution in [3.8, 4) is 5.75 Å². The molecule has 0 saturated carbocycles. The van der Waals surface area contributed by atoms with Gasteiger partial charge in [-0.25, -0.2) is 4.79 Å². The monoisotopic (exact) mass is 263 g/mol. The lowest BCUT2D eigenvalue weighted by atomic mass is 10.1. The number of esters is 1. The van der Waals surface area contributed by atoms with Gasteiger partial charge < -0.3 is 14.3 Å². The van der Waals surface area contributed by atoms with Crippen LogP contribution in [0.4, 0.5) is 0 Å². The smallest absolute Gasteiger partial charge is 0.356 e. The lowest BCUT2D eigenvalue weighted by molar-refractivity contribution is -0.135. The summed E-state index contributed by atoms with van der Waals surface area (Å²) in [6.45, 7) is 2.64. The summed E-state index contributed by atoms with van der Waals surface area (Å²) in [5, 5.41) is 3.75. The predicted octanol–water partition coefficient (Wildman–Crippen LogP) is 2.16. The van der Waals surface area contributed by atoms with Crippen LogP contribution in [0.2, 0.25) is 0 Å². The van der Waals surface area contributed by atoms with E-state index >= 15 is 0 Å². The minimum atomic E-state index is -0.394. The Kier molecular flexibility index (Phi) is 4.78. The van der Waals surface area contributed by atoms with E-state index in [0.29, 0.717) is 31.8 Å². The summed E-state index contributed by atoms with van der Waals surface area (Å²) in [7, 11) is 0. The van der Waals surface area contributed by atoms with Crippen molar-refractivity contribution in [2.24, 2.45) is 5.16 Å². The summed E-state index contributed by atoms with van der Waals surface area (Å²) >= 11 is 0. The van der Waals surface area contributed by atoms with E-state index in [1.165, 1.54) is 0 Å². The highest BCUT2D eigenvalue weighted by molar-refractivity contribution is 6.36. The second-order valence-corrected chi connectivity index (χ2v) is 4.14. The normalized spacial score (nSPS) is 17.5. The third-order valence-corrected chi connectivity index (χ3v) is 2.70. The molecule has 0 N–H and O–H groups in total. The van der Waals surface area contributed by atoms with Gasteiger partial charge in [0.05, 0.1) is 13.2 Å². The summed E-state index contributed by atoms with van der Waals surface area (Å²) in [4.78, 5) is 16.6. The van der Waals surface area contributed by atoms with E-state index in [9.17, 15) is 4.79 Å². The summed E-state index contributed by atoms with van der Waals surface area (Å²) in [6.07, 6.45) is 1.06. The highest BCUT2D eigenvalue weighted by Gasteiger charge is 2.26. The standard InChI is InChI=1S/C14H17NO4/c1-2-17-14(16)13-10-12(19-15-13)8-9-18-11-6-4-3-5-7-11/h3-7,12H,2,8-10H2,1H3. The molecule has 19 heavy (non-hydrogen) atoms. The first kappa shape index (κ1) is 13.4. The van der Waals surface area contributed by atoms with Crippen LogP contribution in [0.1, 0.15) is 19.8 Å². The van der Waals surface area contributed by atoms with Crippen LogP contribution in [0.5, 0.6) is 5.75 Å². The largest absolute Gasteiger partial charge is 0.493 e. The van der Waals surface area contributed by atoms with E-state index in [1.54, 1.807) is 6.92 Å². The number of oxime groups is 1. The first-order valence-electron chi connectivity index (χ1n) is 6.37. The van der Waals surface area contributed by atoms with Crippen molar-refractivity contribution in [1.29, 1.82) is 0 Å². The molecule has 0 radical (unpaired) electrons. The number of carbonyl (C=O) groups excluding carboxylic acids is 1. The third-order valence-electron chi connectivity index (χ3n) is 2.70. The van der Waals surface area contributed by atoms with E-state index in [-0.39, 0.29) is 6.10 Å². The average Bonchev–Trinajstić information content (AvgIpc) is 2.89. The van der Waals surface area contributed by atoms with E-state index in [1.807, 2.05) is 30.3 Å². The highest BCUT2D eigenvalue weighted by Crippen LogP contribution is 2.16. The molecule has 0 bridgehead atoms. The molecule has 0 aromatic heterocycles. The minimum absolute atomic E-state index is 0.108. The van der Waals surface area contributed by atoms with E-state index < -0.39 is 5.97 Å². The van der Waals surface area contributed by atoms with E-state index in [0.717, 1.165) is 5.75 Å². The first-order chi connectivity index (χ1) is 9.29. The zero-order chi connectivity index (χ0) is 13.5. The van der Waals surface area contributed by atoms with Crippen LogP contribution in [0.3, 0.4) is 0 Å². The fourth-order valence-corrected chi connectivity index (χ4v) is 1.74. The molecule has 0 saturated heterocycles. The van der Waals surface area contributed by atoms with Crippen LogP contribution >= 0.6 is 0 Å². The van der Waals surface area contributed by atoms with Crippen molar-refractivity contribution < 1.29 is 19.1 Å². The number of ether oxygens (including phenoxy) is 2. The average molecular weight is 263 g/mol. The maximum atomic E-state index is 11.4. The zero-order valence-corrected chi connectivity index (χ0v) is 10.9. The molecule has 0 fully saturated rings. The van der Waals surface area contributed by atoms with Crippen molar-refractivity contribution >= 4 is 11.7 Å². The molecule has 2 rings (SSSR count). The first-order valence-corrected chi connectivity index (χ1v) is 6.37. The van der Waals surface area contributed by atoms with Gasteiger partial charge in [0, 0.05) is 12.8 Å². The molecule has 0 spiro atoms. The molecule has 0 aliphatic carbocycles. The maximum absolute atomic E-state index is 11.4. The molecule has 1 heterocycles. The summed E-state index contributed by atoms with van der Waals surface area (Å²) < 4.78 is 10.4. The lowest BCUT2D eigenvalue weighted by Crippen LogP contribution is -2.19. The number of hydrogen-bond acceptors (Lipinski definition) is 5. The van der Waals surface area contributed by atoms with E-state index in [4.69, 9.17) is 14.3 Å². The molecule has 1 aromatic rings. The topological polar surface area (TPSA) is 57.1 Å². The Morgan fingerprint density at radius 1 is 1.42 bits per heavy atom. The number of hydrogen-bond donors (Lipinski definition) is 0. The lowest BCUT2D eigenvalue weighted by Gasteiger charge is -2.09. The van der Waals surface area contributed by atoms with E-state index in [2.05, 4.69) is 5.16 Å². The van der Waals surface area contributed by atoms with Gasteiger partial charge in [0.15, 0.2) is 5.71 Å².